The van der Waals surface area contributed by atoms with E-state index in [9.17, 15) is 14.7 Å². The fourth-order valence-electron chi connectivity index (χ4n) is 3.75. The molecule has 2 aliphatic rings. The van der Waals surface area contributed by atoms with Crippen LogP contribution in [0, 0.1) is 0 Å². The quantitative estimate of drug-likeness (QED) is 0.917. The van der Waals surface area contributed by atoms with Crippen molar-refractivity contribution in [1.82, 2.24) is 4.90 Å². The largest absolute Gasteiger partial charge is 0.480 e. The van der Waals surface area contributed by atoms with Gasteiger partial charge in [-0.05, 0) is 35.6 Å². The third kappa shape index (κ3) is 2.75. The number of carboxylic acid groups (broad SMARTS) is 1. The highest BCUT2D eigenvalue weighted by atomic mass is 32.1. The molecule has 2 atom stereocenters. The number of rotatable bonds is 3. The predicted octanol–water partition coefficient (Wildman–Crippen LogP) is 2.83. The normalized spacial score (nSPS) is 21.7. The van der Waals surface area contributed by atoms with Crippen LogP contribution in [-0.2, 0) is 22.4 Å². The van der Waals surface area contributed by atoms with Crippen LogP contribution in [0.3, 0.4) is 0 Å². The number of benzene rings is 1. The molecule has 2 heterocycles. The molecule has 0 saturated carbocycles. The number of carboxylic acids is 1. The maximum atomic E-state index is 13.0. The van der Waals surface area contributed by atoms with E-state index in [0.29, 0.717) is 17.8 Å². The average Bonchev–Trinajstić information content (AvgIpc) is 3.25. The molecule has 1 amide bonds. The van der Waals surface area contributed by atoms with Gasteiger partial charge in [-0.2, -0.15) is 0 Å². The van der Waals surface area contributed by atoms with E-state index in [1.165, 1.54) is 32.9 Å². The van der Waals surface area contributed by atoms with Crippen molar-refractivity contribution >= 4 is 23.2 Å². The standard InChI is InChI=1S/C19H19NO4S/c1-24-13-9-15(19(22)23)20(10-13)18(21)16-8-12-7-6-11-4-2-3-5-14(11)17(12)25-16/h2-5,8,13,15H,6-7,9-10H2,1H3,(H,22,23). The summed E-state index contributed by atoms with van der Waals surface area (Å²) in [5.74, 6) is -1.18. The number of amides is 1. The van der Waals surface area contributed by atoms with Crippen LogP contribution >= 0.6 is 11.3 Å². The first-order valence-electron chi connectivity index (χ1n) is 8.36. The Labute approximate surface area is 149 Å². The predicted molar refractivity (Wildman–Crippen MR) is 95.0 cm³/mol. The minimum atomic E-state index is -0.973. The molecule has 1 saturated heterocycles. The van der Waals surface area contributed by atoms with Crippen LogP contribution in [-0.4, -0.2) is 47.7 Å². The fraction of sp³-hybridized carbons (Fsp3) is 0.368. The van der Waals surface area contributed by atoms with E-state index in [2.05, 4.69) is 12.1 Å². The summed E-state index contributed by atoms with van der Waals surface area (Å²) < 4.78 is 5.28. The van der Waals surface area contributed by atoms with Crippen LogP contribution < -0.4 is 0 Å². The molecule has 2 aromatic rings. The van der Waals surface area contributed by atoms with Gasteiger partial charge in [0.05, 0.1) is 11.0 Å². The van der Waals surface area contributed by atoms with Gasteiger partial charge in [-0.15, -0.1) is 11.3 Å². The number of hydrogen-bond donors (Lipinski definition) is 1. The van der Waals surface area contributed by atoms with Crippen LogP contribution in [0.15, 0.2) is 30.3 Å². The Morgan fingerprint density at radius 1 is 1.24 bits per heavy atom. The highest BCUT2D eigenvalue weighted by Crippen LogP contribution is 2.40. The van der Waals surface area contributed by atoms with E-state index >= 15 is 0 Å². The van der Waals surface area contributed by atoms with Crippen LogP contribution in [0.1, 0.15) is 27.2 Å². The third-order valence-electron chi connectivity index (χ3n) is 5.09. The van der Waals surface area contributed by atoms with E-state index in [1.54, 1.807) is 7.11 Å². The Kier molecular flexibility index (Phi) is 4.09. The molecular weight excluding hydrogens is 338 g/mol. The second-order valence-corrected chi connectivity index (χ2v) is 7.58. The Morgan fingerprint density at radius 2 is 2.00 bits per heavy atom. The van der Waals surface area contributed by atoms with Gasteiger partial charge >= 0.3 is 5.97 Å². The van der Waals surface area contributed by atoms with Crippen LogP contribution in [0.4, 0.5) is 0 Å². The second kappa shape index (κ2) is 6.28. The van der Waals surface area contributed by atoms with Crippen molar-refractivity contribution in [3.8, 4) is 10.4 Å². The number of carbonyl (C=O) groups excluding carboxylic acids is 1. The summed E-state index contributed by atoms with van der Waals surface area (Å²) in [6.45, 7) is 0.325. The third-order valence-corrected chi connectivity index (χ3v) is 6.29. The van der Waals surface area contributed by atoms with E-state index < -0.39 is 12.0 Å². The molecular formula is C19H19NO4S. The number of methoxy groups -OCH3 is 1. The Balaban J connectivity index is 1.66. The van der Waals surface area contributed by atoms with Gasteiger partial charge in [0.25, 0.3) is 5.91 Å². The molecule has 4 rings (SSSR count). The van der Waals surface area contributed by atoms with E-state index in [-0.39, 0.29) is 12.0 Å². The van der Waals surface area contributed by atoms with Gasteiger partial charge in [-0.3, -0.25) is 4.79 Å². The Hall–Kier alpha value is -2.18. The smallest absolute Gasteiger partial charge is 0.326 e. The van der Waals surface area contributed by atoms with Crippen molar-refractivity contribution in [3.63, 3.8) is 0 Å². The molecule has 2 unspecified atom stereocenters. The Morgan fingerprint density at radius 3 is 2.76 bits per heavy atom. The van der Waals surface area contributed by atoms with Crippen molar-refractivity contribution in [1.29, 1.82) is 0 Å². The van der Waals surface area contributed by atoms with Crippen LogP contribution in [0.25, 0.3) is 10.4 Å². The number of likely N-dealkylation sites (tertiary alicyclic amines) is 1. The SMILES string of the molecule is COC1CC(C(=O)O)N(C(=O)c2cc3c(s2)-c2ccccc2CC3)C1. The molecule has 25 heavy (non-hydrogen) atoms. The lowest BCUT2D eigenvalue weighted by Crippen LogP contribution is -2.40. The molecule has 1 aliphatic heterocycles. The number of thiophene rings is 1. The number of hydrogen-bond acceptors (Lipinski definition) is 4. The minimum absolute atomic E-state index is 0.205. The van der Waals surface area contributed by atoms with Gasteiger partial charge in [0.15, 0.2) is 0 Å². The van der Waals surface area contributed by atoms with Gasteiger partial charge < -0.3 is 14.7 Å². The fourth-order valence-corrected chi connectivity index (χ4v) is 4.97. The number of fused-ring (bicyclic) bond motifs is 3. The monoisotopic (exact) mass is 357 g/mol. The van der Waals surface area contributed by atoms with Gasteiger partial charge in [0, 0.05) is 25.0 Å². The molecule has 5 nitrogen and oxygen atoms in total. The molecule has 1 N–H and O–H groups in total. The lowest BCUT2D eigenvalue weighted by molar-refractivity contribution is -0.141. The minimum Gasteiger partial charge on any atom is -0.480 e. The lowest BCUT2D eigenvalue weighted by Gasteiger charge is -2.20. The molecule has 1 fully saturated rings. The van der Waals surface area contributed by atoms with Crippen molar-refractivity contribution < 1.29 is 19.4 Å². The van der Waals surface area contributed by atoms with Gasteiger partial charge in [-0.1, -0.05) is 24.3 Å². The summed E-state index contributed by atoms with van der Waals surface area (Å²) in [7, 11) is 1.55. The molecule has 1 aliphatic carbocycles. The molecule has 1 aromatic heterocycles. The average molecular weight is 357 g/mol. The molecule has 1 aromatic carbocycles. The van der Waals surface area contributed by atoms with Crippen molar-refractivity contribution in [2.24, 2.45) is 0 Å². The van der Waals surface area contributed by atoms with Gasteiger partial charge in [0.1, 0.15) is 6.04 Å². The highest BCUT2D eigenvalue weighted by Gasteiger charge is 2.40. The summed E-state index contributed by atoms with van der Waals surface area (Å²) in [5.41, 5.74) is 3.68. The number of aliphatic carboxylic acids is 1. The summed E-state index contributed by atoms with van der Waals surface area (Å²) in [6, 6.07) is 9.40. The highest BCUT2D eigenvalue weighted by molar-refractivity contribution is 7.17. The van der Waals surface area contributed by atoms with Crippen molar-refractivity contribution in [2.45, 2.75) is 31.4 Å². The molecule has 0 spiro atoms. The zero-order chi connectivity index (χ0) is 17.6. The van der Waals surface area contributed by atoms with Gasteiger partial charge in [0.2, 0.25) is 0 Å². The van der Waals surface area contributed by atoms with Crippen LogP contribution in [0.2, 0.25) is 0 Å². The number of aryl methyl sites for hydroxylation is 2. The lowest BCUT2D eigenvalue weighted by atomic mass is 9.91. The summed E-state index contributed by atoms with van der Waals surface area (Å²) in [5, 5.41) is 9.44. The van der Waals surface area contributed by atoms with E-state index in [4.69, 9.17) is 4.74 Å². The first kappa shape index (κ1) is 16.3. The zero-order valence-electron chi connectivity index (χ0n) is 13.9. The molecule has 0 bridgehead atoms. The Bertz CT molecular complexity index is 844. The zero-order valence-corrected chi connectivity index (χ0v) is 14.7. The first-order valence-corrected chi connectivity index (χ1v) is 9.17. The molecule has 6 heteroatoms. The topological polar surface area (TPSA) is 66.8 Å². The maximum absolute atomic E-state index is 13.0. The van der Waals surface area contributed by atoms with Crippen LogP contribution in [0.5, 0.6) is 0 Å². The summed E-state index contributed by atoms with van der Waals surface area (Å²) >= 11 is 1.47. The molecule has 0 radical (unpaired) electrons. The molecule has 130 valence electrons. The van der Waals surface area contributed by atoms with E-state index in [1.807, 2.05) is 18.2 Å². The number of nitrogens with zero attached hydrogens (tertiary/aromatic N) is 1. The van der Waals surface area contributed by atoms with Crippen molar-refractivity contribution in [2.75, 3.05) is 13.7 Å². The first-order chi connectivity index (χ1) is 12.1. The summed E-state index contributed by atoms with van der Waals surface area (Å²) in [6.07, 6.45) is 2.01. The maximum Gasteiger partial charge on any atom is 0.326 e. The summed E-state index contributed by atoms with van der Waals surface area (Å²) in [4.78, 5) is 27.7. The van der Waals surface area contributed by atoms with E-state index in [0.717, 1.165) is 17.7 Å². The number of ether oxygens (including phenoxy) is 1. The van der Waals surface area contributed by atoms with Gasteiger partial charge in [-0.25, -0.2) is 4.79 Å². The van der Waals surface area contributed by atoms with Crippen molar-refractivity contribution in [3.05, 3.63) is 46.3 Å². The second-order valence-electron chi connectivity index (χ2n) is 6.53. The number of carbonyl (C=O) groups is 2.